The highest BCUT2D eigenvalue weighted by atomic mass is 35.5. The largest absolute Gasteiger partial charge is 0.493 e. The van der Waals surface area contributed by atoms with Gasteiger partial charge in [0.05, 0.1) is 17.2 Å². The molecule has 1 amide bonds. The summed E-state index contributed by atoms with van der Waals surface area (Å²) in [5.74, 6) is -3.94. The predicted octanol–water partition coefficient (Wildman–Crippen LogP) is 5.32. The van der Waals surface area contributed by atoms with Gasteiger partial charge in [0.1, 0.15) is 28.1 Å². The van der Waals surface area contributed by atoms with Gasteiger partial charge in [-0.05, 0) is 55.2 Å². The van der Waals surface area contributed by atoms with E-state index in [1.807, 2.05) is 0 Å². The minimum absolute atomic E-state index is 0.102. The Balaban J connectivity index is 1.58. The second-order valence-corrected chi connectivity index (χ2v) is 10.3. The number of halogens is 4. The third-order valence-electron chi connectivity index (χ3n) is 5.80. The number of carbonyl (C=O) groups is 1. The lowest BCUT2D eigenvalue weighted by Gasteiger charge is -2.16. The number of benzene rings is 2. The summed E-state index contributed by atoms with van der Waals surface area (Å²) in [4.78, 5) is 11.6. The number of carbonyl (C=O) groups excluding carboxylic acids is 1. The second-order valence-electron chi connectivity index (χ2n) is 8.24. The van der Waals surface area contributed by atoms with E-state index in [1.54, 1.807) is 4.72 Å². The number of hydrogen-bond acceptors (Lipinski definition) is 4. The Morgan fingerprint density at radius 1 is 1.00 bits per heavy atom. The first-order valence-electron chi connectivity index (χ1n) is 10.3. The van der Waals surface area contributed by atoms with Crippen LogP contribution >= 0.6 is 11.6 Å². The molecule has 2 fully saturated rings. The van der Waals surface area contributed by atoms with Crippen molar-refractivity contribution in [3.8, 4) is 5.75 Å². The number of amides is 1. The van der Waals surface area contributed by atoms with E-state index in [4.69, 9.17) is 16.3 Å². The Morgan fingerprint density at radius 3 is 2.34 bits per heavy atom. The average Bonchev–Trinajstić information content (AvgIpc) is 3.43. The topological polar surface area (TPSA) is 72.5 Å². The summed E-state index contributed by atoms with van der Waals surface area (Å²) in [7, 11) is -4.77. The zero-order chi connectivity index (χ0) is 23.0. The van der Waals surface area contributed by atoms with Crippen molar-refractivity contribution >= 4 is 27.5 Å². The molecule has 0 radical (unpaired) electrons. The lowest BCUT2D eigenvalue weighted by Crippen LogP contribution is -2.32. The number of sulfonamides is 1. The average molecular weight is 488 g/mol. The molecule has 0 atom stereocenters. The SMILES string of the molecule is O=C(NS(=O)(=O)c1cc(Cl)c(F)cc1F)c1cc(C2CC2)c(OCC2CCCC2)cc1F. The van der Waals surface area contributed by atoms with Gasteiger partial charge < -0.3 is 4.74 Å². The zero-order valence-electron chi connectivity index (χ0n) is 17.0. The smallest absolute Gasteiger partial charge is 0.267 e. The van der Waals surface area contributed by atoms with Gasteiger partial charge >= 0.3 is 0 Å². The molecular weight excluding hydrogens is 467 g/mol. The Labute approximate surface area is 189 Å². The summed E-state index contributed by atoms with van der Waals surface area (Å²) in [5, 5.41) is -0.634. The van der Waals surface area contributed by atoms with Crippen molar-refractivity contribution in [2.45, 2.75) is 49.3 Å². The standard InChI is InChI=1S/C22H21ClF3NO4S/c23-16-8-21(19(26)9-18(16)25)32(29,30)27-22(28)15-7-14(13-5-6-13)20(10-17(15)24)31-11-12-3-1-2-4-12/h7-10,12-13H,1-6,11H2,(H,27,28). The molecule has 0 aliphatic heterocycles. The van der Waals surface area contributed by atoms with E-state index in [2.05, 4.69) is 0 Å². The quantitative estimate of drug-likeness (QED) is 0.536. The summed E-state index contributed by atoms with van der Waals surface area (Å²) >= 11 is 5.53. The molecule has 32 heavy (non-hydrogen) atoms. The van der Waals surface area contributed by atoms with Crippen molar-refractivity contribution in [3.05, 3.63) is 57.9 Å². The fourth-order valence-corrected chi connectivity index (χ4v) is 5.19. The molecule has 2 aromatic rings. The van der Waals surface area contributed by atoms with Gasteiger partial charge in [0.2, 0.25) is 0 Å². The van der Waals surface area contributed by atoms with Crippen LogP contribution < -0.4 is 9.46 Å². The molecule has 10 heteroatoms. The molecule has 2 aliphatic carbocycles. The van der Waals surface area contributed by atoms with Crippen LogP contribution in [0.2, 0.25) is 5.02 Å². The minimum atomic E-state index is -4.77. The van der Waals surface area contributed by atoms with Gasteiger partial charge in [-0.25, -0.2) is 26.3 Å². The molecule has 172 valence electrons. The fraction of sp³-hybridized carbons (Fsp3) is 0.409. The van der Waals surface area contributed by atoms with Crippen LogP contribution in [0.3, 0.4) is 0 Å². The van der Waals surface area contributed by atoms with Gasteiger partial charge in [-0.3, -0.25) is 4.79 Å². The van der Waals surface area contributed by atoms with Crippen LogP contribution in [0.5, 0.6) is 5.75 Å². The van der Waals surface area contributed by atoms with Gasteiger partial charge in [0.25, 0.3) is 15.9 Å². The molecule has 0 spiro atoms. The lowest BCUT2D eigenvalue weighted by molar-refractivity contribution is 0.0977. The molecule has 4 rings (SSSR count). The Hall–Kier alpha value is -2.26. The van der Waals surface area contributed by atoms with E-state index in [1.165, 1.54) is 6.07 Å². The summed E-state index contributed by atoms with van der Waals surface area (Å²) < 4.78 is 74.5. The zero-order valence-corrected chi connectivity index (χ0v) is 18.5. The first-order chi connectivity index (χ1) is 15.2. The molecule has 2 saturated carbocycles. The Kier molecular flexibility index (Phi) is 6.40. The van der Waals surface area contributed by atoms with Crippen LogP contribution in [-0.2, 0) is 10.0 Å². The summed E-state index contributed by atoms with van der Waals surface area (Å²) in [6.07, 6.45) is 6.11. The van der Waals surface area contributed by atoms with Crippen molar-refractivity contribution in [3.63, 3.8) is 0 Å². The fourth-order valence-electron chi connectivity index (χ4n) is 3.91. The number of hydrogen-bond donors (Lipinski definition) is 1. The first kappa shape index (κ1) is 22.9. The summed E-state index contributed by atoms with van der Waals surface area (Å²) in [6, 6.07) is 3.23. The number of ether oxygens (including phenoxy) is 1. The van der Waals surface area contributed by atoms with Gasteiger partial charge in [0.15, 0.2) is 0 Å². The third-order valence-corrected chi connectivity index (χ3v) is 7.44. The first-order valence-corrected chi connectivity index (χ1v) is 12.2. The van der Waals surface area contributed by atoms with E-state index in [0.717, 1.165) is 44.6 Å². The molecule has 2 aromatic carbocycles. The van der Waals surface area contributed by atoms with Crippen molar-refractivity contribution in [1.29, 1.82) is 0 Å². The number of nitrogens with one attached hydrogen (secondary N) is 1. The van der Waals surface area contributed by atoms with Gasteiger partial charge in [-0.2, -0.15) is 0 Å². The Bertz CT molecular complexity index is 1160. The maximum atomic E-state index is 14.8. The molecule has 1 N–H and O–H groups in total. The van der Waals surface area contributed by atoms with Crippen LogP contribution in [0.15, 0.2) is 29.2 Å². The Morgan fingerprint density at radius 2 is 1.69 bits per heavy atom. The highest BCUT2D eigenvalue weighted by Gasteiger charge is 2.31. The lowest BCUT2D eigenvalue weighted by atomic mass is 10.0. The number of rotatable bonds is 7. The second kappa shape index (κ2) is 8.94. The van der Waals surface area contributed by atoms with Crippen molar-refractivity contribution in [1.82, 2.24) is 4.72 Å². The molecular formula is C22H21ClF3NO4S. The van der Waals surface area contributed by atoms with E-state index in [0.29, 0.717) is 36.0 Å². The monoisotopic (exact) mass is 487 g/mol. The molecule has 0 heterocycles. The van der Waals surface area contributed by atoms with Gasteiger partial charge in [-0.1, -0.05) is 24.4 Å². The molecule has 2 aliphatic rings. The van der Waals surface area contributed by atoms with Gasteiger partial charge in [0, 0.05) is 12.1 Å². The van der Waals surface area contributed by atoms with Crippen molar-refractivity contribution in [2.24, 2.45) is 5.92 Å². The third kappa shape index (κ3) is 4.88. The van der Waals surface area contributed by atoms with Crippen LogP contribution in [0, 0.1) is 23.4 Å². The van der Waals surface area contributed by atoms with E-state index < -0.39 is 48.9 Å². The van der Waals surface area contributed by atoms with E-state index in [9.17, 15) is 26.4 Å². The summed E-state index contributed by atoms with van der Waals surface area (Å²) in [6.45, 7) is 0.462. The highest BCUT2D eigenvalue weighted by Crippen LogP contribution is 2.45. The van der Waals surface area contributed by atoms with Crippen LogP contribution in [0.1, 0.15) is 60.4 Å². The molecule has 5 nitrogen and oxygen atoms in total. The minimum Gasteiger partial charge on any atom is -0.493 e. The predicted molar refractivity (Wildman–Crippen MR) is 112 cm³/mol. The van der Waals surface area contributed by atoms with Crippen LogP contribution in [0.4, 0.5) is 13.2 Å². The molecule has 0 saturated heterocycles. The van der Waals surface area contributed by atoms with Crippen molar-refractivity contribution in [2.75, 3.05) is 6.61 Å². The molecule has 0 unspecified atom stereocenters. The highest BCUT2D eigenvalue weighted by molar-refractivity contribution is 7.90. The maximum absolute atomic E-state index is 14.8. The molecule has 0 bridgehead atoms. The van der Waals surface area contributed by atoms with Crippen LogP contribution in [-0.4, -0.2) is 20.9 Å². The van der Waals surface area contributed by atoms with Crippen molar-refractivity contribution < 1.29 is 31.1 Å². The summed E-state index contributed by atoms with van der Waals surface area (Å²) in [5.41, 5.74) is 0.139. The maximum Gasteiger partial charge on any atom is 0.267 e. The normalized spacial score (nSPS) is 16.9. The van der Waals surface area contributed by atoms with Gasteiger partial charge in [-0.15, -0.1) is 0 Å². The van der Waals surface area contributed by atoms with E-state index in [-0.39, 0.29) is 5.92 Å². The van der Waals surface area contributed by atoms with E-state index >= 15 is 0 Å². The molecule has 0 aromatic heterocycles. The van der Waals surface area contributed by atoms with Crippen LogP contribution in [0.25, 0.3) is 0 Å².